The lowest BCUT2D eigenvalue weighted by atomic mass is 10.1. The average molecular weight is 284 g/mol. The standard InChI is InChI=1S/C14H20O4S/c1-3-18-13-8-5-7-12(11-13)14(15)9-6-10-19(16,17)4-2/h5,7-8,11H,3-4,6,9-10H2,1-2H3. The van der Waals surface area contributed by atoms with E-state index in [-0.39, 0.29) is 23.7 Å². The van der Waals surface area contributed by atoms with Crippen LogP contribution in [-0.4, -0.2) is 32.3 Å². The van der Waals surface area contributed by atoms with Crippen LogP contribution in [0.3, 0.4) is 0 Å². The summed E-state index contributed by atoms with van der Waals surface area (Å²) in [5.41, 5.74) is 0.569. The molecule has 0 spiro atoms. The minimum atomic E-state index is -2.99. The molecule has 106 valence electrons. The fraction of sp³-hybridized carbons (Fsp3) is 0.500. The summed E-state index contributed by atoms with van der Waals surface area (Å²) in [6.45, 7) is 4.04. The number of ketones is 1. The van der Waals surface area contributed by atoms with E-state index in [1.54, 1.807) is 31.2 Å². The number of carbonyl (C=O) groups is 1. The van der Waals surface area contributed by atoms with Crippen molar-refractivity contribution in [1.82, 2.24) is 0 Å². The highest BCUT2D eigenvalue weighted by Crippen LogP contribution is 2.15. The van der Waals surface area contributed by atoms with Crippen LogP contribution in [0.1, 0.15) is 37.0 Å². The summed E-state index contributed by atoms with van der Waals surface area (Å²) in [6.07, 6.45) is 0.614. The molecule has 0 saturated carbocycles. The maximum Gasteiger partial charge on any atom is 0.163 e. The van der Waals surface area contributed by atoms with Crippen LogP contribution in [-0.2, 0) is 9.84 Å². The molecule has 0 unspecified atom stereocenters. The molecule has 19 heavy (non-hydrogen) atoms. The second-order valence-corrected chi connectivity index (χ2v) is 6.70. The Kier molecular flexibility index (Phi) is 6.02. The predicted octanol–water partition coefficient (Wildman–Crippen LogP) is 2.48. The molecule has 5 heteroatoms. The van der Waals surface area contributed by atoms with E-state index in [0.29, 0.717) is 24.3 Å². The first-order valence-electron chi connectivity index (χ1n) is 6.45. The zero-order chi connectivity index (χ0) is 14.3. The van der Waals surface area contributed by atoms with Gasteiger partial charge in [-0.2, -0.15) is 0 Å². The van der Waals surface area contributed by atoms with Gasteiger partial charge in [-0.25, -0.2) is 8.42 Å². The summed E-state index contributed by atoms with van der Waals surface area (Å²) >= 11 is 0. The molecule has 0 bridgehead atoms. The van der Waals surface area contributed by atoms with E-state index in [4.69, 9.17) is 4.74 Å². The second-order valence-electron chi connectivity index (χ2n) is 4.22. The minimum Gasteiger partial charge on any atom is -0.494 e. The topological polar surface area (TPSA) is 60.4 Å². The number of Topliss-reactive ketones (excluding diaryl/α,β-unsaturated/α-hetero) is 1. The molecule has 0 N–H and O–H groups in total. The lowest BCUT2D eigenvalue weighted by Gasteiger charge is -2.05. The van der Waals surface area contributed by atoms with Crippen LogP contribution in [0.4, 0.5) is 0 Å². The fourth-order valence-corrected chi connectivity index (χ4v) is 2.54. The molecule has 0 atom stereocenters. The van der Waals surface area contributed by atoms with Gasteiger partial charge in [0.2, 0.25) is 0 Å². The molecule has 0 fully saturated rings. The zero-order valence-corrected chi connectivity index (χ0v) is 12.2. The highest BCUT2D eigenvalue weighted by molar-refractivity contribution is 7.91. The van der Waals surface area contributed by atoms with Crippen molar-refractivity contribution in [3.05, 3.63) is 29.8 Å². The van der Waals surface area contributed by atoms with Crippen molar-refractivity contribution in [2.75, 3.05) is 18.1 Å². The van der Waals surface area contributed by atoms with Gasteiger partial charge in [0.1, 0.15) is 15.6 Å². The Morgan fingerprint density at radius 1 is 1.26 bits per heavy atom. The SMILES string of the molecule is CCOc1cccc(C(=O)CCCS(=O)(=O)CC)c1. The van der Waals surface area contributed by atoms with Crippen molar-refractivity contribution < 1.29 is 17.9 Å². The summed E-state index contributed by atoms with van der Waals surface area (Å²) < 4.78 is 28.0. The normalized spacial score (nSPS) is 11.3. The van der Waals surface area contributed by atoms with Gasteiger partial charge in [-0.15, -0.1) is 0 Å². The maximum absolute atomic E-state index is 11.9. The van der Waals surface area contributed by atoms with Gasteiger partial charge in [-0.3, -0.25) is 4.79 Å². The van der Waals surface area contributed by atoms with Crippen LogP contribution in [0.25, 0.3) is 0 Å². The summed E-state index contributed by atoms with van der Waals surface area (Å²) in [5, 5.41) is 0. The average Bonchev–Trinajstić information content (AvgIpc) is 2.39. The molecule has 0 aromatic heterocycles. The number of benzene rings is 1. The maximum atomic E-state index is 11.9. The smallest absolute Gasteiger partial charge is 0.163 e. The third-order valence-corrected chi connectivity index (χ3v) is 4.56. The van der Waals surface area contributed by atoms with Crippen LogP contribution in [0.5, 0.6) is 5.75 Å². The van der Waals surface area contributed by atoms with E-state index >= 15 is 0 Å². The largest absolute Gasteiger partial charge is 0.494 e. The van der Waals surface area contributed by atoms with Gasteiger partial charge in [0.25, 0.3) is 0 Å². The molecular formula is C14H20O4S. The Morgan fingerprint density at radius 2 is 2.00 bits per heavy atom. The Bertz CT molecular complexity index is 520. The van der Waals surface area contributed by atoms with Gasteiger partial charge in [-0.05, 0) is 25.5 Å². The zero-order valence-electron chi connectivity index (χ0n) is 11.4. The number of sulfone groups is 1. The Hall–Kier alpha value is -1.36. The number of rotatable bonds is 8. The van der Waals surface area contributed by atoms with E-state index in [2.05, 4.69) is 0 Å². The van der Waals surface area contributed by atoms with Crippen LogP contribution < -0.4 is 4.74 Å². The molecule has 0 aliphatic heterocycles. The highest BCUT2D eigenvalue weighted by Gasteiger charge is 2.11. The summed E-state index contributed by atoms with van der Waals surface area (Å²) in [6, 6.07) is 6.97. The molecule has 0 radical (unpaired) electrons. The summed E-state index contributed by atoms with van der Waals surface area (Å²) in [4.78, 5) is 11.9. The number of hydrogen-bond acceptors (Lipinski definition) is 4. The molecule has 0 aliphatic carbocycles. The monoisotopic (exact) mass is 284 g/mol. The summed E-state index contributed by atoms with van der Waals surface area (Å²) in [7, 11) is -2.99. The molecule has 1 aromatic rings. The third kappa shape index (κ3) is 5.42. The van der Waals surface area contributed by atoms with Gasteiger partial charge in [0.05, 0.1) is 12.4 Å². The van der Waals surface area contributed by atoms with Crippen LogP contribution in [0, 0.1) is 0 Å². The van der Waals surface area contributed by atoms with Gasteiger partial charge in [-0.1, -0.05) is 19.1 Å². The lowest BCUT2D eigenvalue weighted by Crippen LogP contribution is -2.10. The first-order valence-corrected chi connectivity index (χ1v) is 8.27. The molecule has 0 saturated heterocycles. The molecule has 4 nitrogen and oxygen atoms in total. The molecular weight excluding hydrogens is 264 g/mol. The first-order chi connectivity index (χ1) is 8.98. The number of hydrogen-bond donors (Lipinski definition) is 0. The molecule has 1 rings (SSSR count). The van der Waals surface area contributed by atoms with Gasteiger partial charge in [0.15, 0.2) is 5.78 Å². The van der Waals surface area contributed by atoms with Gasteiger partial charge in [0, 0.05) is 17.7 Å². The lowest BCUT2D eigenvalue weighted by molar-refractivity contribution is 0.0981. The van der Waals surface area contributed by atoms with E-state index in [1.165, 1.54) is 0 Å². The second kappa shape index (κ2) is 7.28. The molecule has 0 amide bonds. The van der Waals surface area contributed by atoms with Gasteiger partial charge >= 0.3 is 0 Å². The minimum absolute atomic E-state index is 0.0483. The first kappa shape index (κ1) is 15.7. The van der Waals surface area contributed by atoms with E-state index in [9.17, 15) is 13.2 Å². The number of ether oxygens (including phenoxy) is 1. The van der Waals surface area contributed by atoms with Crippen molar-refractivity contribution in [2.24, 2.45) is 0 Å². The quantitative estimate of drug-likeness (QED) is 0.688. The Morgan fingerprint density at radius 3 is 2.63 bits per heavy atom. The fourth-order valence-electron chi connectivity index (χ4n) is 1.67. The predicted molar refractivity (Wildman–Crippen MR) is 75.5 cm³/mol. The molecule has 0 aliphatic rings. The van der Waals surface area contributed by atoms with Gasteiger partial charge < -0.3 is 4.74 Å². The van der Waals surface area contributed by atoms with Crippen LogP contribution in [0.15, 0.2) is 24.3 Å². The van der Waals surface area contributed by atoms with Crippen LogP contribution in [0.2, 0.25) is 0 Å². The van der Waals surface area contributed by atoms with Crippen molar-refractivity contribution in [1.29, 1.82) is 0 Å². The summed E-state index contributed by atoms with van der Waals surface area (Å²) in [5.74, 6) is 0.809. The number of carbonyl (C=O) groups excluding carboxylic acids is 1. The molecule has 1 aromatic carbocycles. The van der Waals surface area contributed by atoms with Crippen molar-refractivity contribution in [2.45, 2.75) is 26.7 Å². The van der Waals surface area contributed by atoms with Crippen LogP contribution >= 0.6 is 0 Å². The van der Waals surface area contributed by atoms with E-state index in [1.807, 2.05) is 6.92 Å². The van der Waals surface area contributed by atoms with E-state index < -0.39 is 9.84 Å². The van der Waals surface area contributed by atoms with Crippen molar-refractivity contribution >= 4 is 15.6 Å². The Labute approximate surface area is 114 Å². The van der Waals surface area contributed by atoms with E-state index in [0.717, 1.165) is 0 Å². The Balaban J connectivity index is 2.56. The molecule has 0 heterocycles. The highest BCUT2D eigenvalue weighted by atomic mass is 32.2. The third-order valence-electron chi connectivity index (χ3n) is 2.77. The van der Waals surface area contributed by atoms with Crippen molar-refractivity contribution in [3.63, 3.8) is 0 Å². The van der Waals surface area contributed by atoms with Crippen molar-refractivity contribution in [3.8, 4) is 5.75 Å².